The SMILES string of the molecule is CCCNC(=O)c1ccc(C2=NSC(c3cc(C(F)(F)F)nn3C)(C(F)(F)F)C2)cc1C. The van der Waals surface area contributed by atoms with E-state index < -0.39 is 34.9 Å². The van der Waals surface area contributed by atoms with Crippen LogP contribution in [-0.2, 0) is 18.0 Å². The number of aryl methyl sites for hydroxylation is 2. The number of halogens is 6. The second-order valence-corrected chi connectivity index (χ2v) is 8.51. The van der Waals surface area contributed by atoms with Gasteiger partial charge in [0.1, 0.15) is 0 Å². The molecule has 2 heterocycles. The highest BCUT2D eigenvalue weighted by molar-refractivity contribution is 7.99. The van der Waals surface area contributed by atoms with Crippen molar-refractivity contribution in [2.75, 3.05) is 6.54 Å². The Morgan fingerprint density at radius 1 is 1.22 bits per heavy atom. The summed E-state index contributed by atoms with van der Waals surface area (Å²) in [5.41, 5.74) is -0.651. The number of hydrogen-bond donors (Lipinski definition) is 1. The van der Waals surface area contributed by atoms with Crippen LogP contribution in [0, 0.1) is 6.92 Å². The van der Waals surface area contributed by atoms with Crippen LogP contribution in [0.3, 0.4) is 0 Å². The average molecular weight is 478 g/mol. The van der Waals surface area contributed by atoms with Gasteiger partial charge in [0, 0.05) is 25.6 Å². The summed E-state index contributed by atoms with van der Waals surface area (Å²) in [6.45, 7) is 4.04. The first-order valence-corrected chi connectivity index (χ1v) is 10.4. The van der Waals surface area contributed by atoms with E-state index in [9.17, 15) is 31.1 Å². The second kappa shape index (κ2) is 8.45. The molecule has 1 aliphatic heterocycles. The summed E-state index contributed by atoms with van der Waals surface area (Å²) in [5.74, 6) is -0.294. The molecule has 1 aliphatic rings. The lowest BCUT2D eigenvalue weighted by Gasteiger charge is -2.29. The summed E-state index contributed by atoms with van der Waals surface area (Å²) < 4.78 is 83.5. The number of rotatable bonds is 5. The van der Waals surface area contributed by atoms with Crippen molar-refractivity contribution in [3.05, 3.63) is 52.3 Å². The molecule has 1 aromatic heterocycles. The molecule has 0 spiro atoms. The zero-order valence-corrected chi connectivity index (χ0v) is 18.2. The molecule has 1 aromatic carbocycles. The Balaban J connectivity index is 1.95. The van der Waals surface area contributed by atoms with Gasteiger partial charge in [-0.3, -0.25) is 9.48 Å². The Hall–Kier alpha value is -2.50. The minimum atomic E-state index is -4.89. The van der Waals surface area contributed by atoms with Crippen LogP contribution in [0.2, 0.25) is 0 Å². The standard InChI is InChI=1S/C20H20F6N4OS/c1-4-7-27-17(31)13-6-5-12(8-11(13)2)14-10-18(32-29-14,20(24,25)26)16-9-15(19(21,22)23)28-30(16)3/h5-6,8-9H,4,7,10H2,1-3H3,(H,27,31). The van der Waals surface area contributed by atoms with Gasteiger partial charge in [0.25, 0.3) is 5.91 Å². The summed E-state index contributed by atoms with van der Waals surface area (Å²) in [7, 11) is 1.05. The highest BCUT2D eigenvalue weighted by Gasteiger charge is 2.62. The first-order chi connectivity index (χ1) is 14.8. The van der Waals surface area contributed by atoms with Gasteiger partial charge in [0.2, 0.25) is 0 Å². The topological polar surface area (TPSA) is 59.3 Å². The van der Waals surface area contributed by atoms with Crippen molar-refractivity contribution in [3.63, 3.8) is 0 Å². The van der Waals surface area contributed by atoms with Crippen molar-refractivity contribution < 1.29 is 31.1 Å². The Bertz CT molecular complexity index is 1060. The molecule has 0 aliphatic carbocycles. The second-order valence-electron chi connectivity index (χ2n) is 7.45. The van der Waals surface area contributed by atoms with Crippen molar-refractivity contribution in [3.8, 4) is 0 Å². The van der Waals surface area contributed by atoms with Crippen LogP contribution in [0.15, 0.2) is 28.7 Å². The van der Waals surface area contributed by atoms with E-state index in [-0.39, 0.29) is 23.6 Å². The lowest BCUT2D eigenvalue weighted by molar-refractivity contribution is -0.161. The Morgan fingerprint density at radius 3 is 2.44 bits per heavy atom. The number of carbonyl (C=O) groups is 1. The quantitative estimate of drug-likeness (QED) is 0.476. The number of nitrogens with zero attached hydrogens (tertiary/aromatic N) is 3. The predicted octanol–water partition coefficient (Wildman–Crippen LogP) is 5.19. The fourth-order valence-corrected chi connectivity index (χ4v) is 4.46. The number of alkyl halides is 6. The minimum Gasteiger partial charge on any atom is -0.352 e. The molecule has 2 aromatic rings. The smallest absolute Gasteiger partial charge is 0.352 e. The van der Waals surface area contributed by atoms with E-state index in [1.165, 1.54) is 12.1 Å². The zero-order chi connectivity index (χ0) is 23.9. The van der Waals surface area contributed by atoms with Crippen LogP contribution < -0.4 is 5.32 Å². The number of aromatic nitrogens is 2. The fourth-order valence-electron chi connectivity index (χ4n) is 3.44. The van der Waals surface area contributed by atoms with Gasteiger partial charge in [-0.15, -0.1) is 0 Å². The third-order valence-electron chi connectivity index (χ3n) is 5.11. The average Bonchev–Trinajstić information content (AvgIpc) is 3.30. The molecule has 3 rings (SSSR count). The van der Waals surface area contributed by atoms with E-state index in [1.807, 2.05) is 6.92 Å². The van der Waals surface area contributed by atoms with Crippen LogP contribution in [0.4, 0.5) is 26.3 Å². The third kappa shape index (κ3) is 4.37. The molecule has 0 bridgehead atoms. The zero-order valence-electron chi connectivity index (χ0n) is 17.4. The van der Waals surface area contributed by atoms with Crippen molar-refractivity contribution in [2.45, 2.75) is 43.8 Å². The monoisotopic (exact) mass is 478 g/mol. The maximum atomic E-state index is 14.2. The summed E-state index contributed by atoms with van der Waals surface area (Å²) >= 11 is 0.174. The van der Waals surface area contributed by atoms with E-state index in [0.29, 0.717) is 34.0 Å². The third-order valence-corrected chi connectivity index (χ3v) is 6.32. The highest BCUT2D eigenvalue weighted by atomic mass is 32.2. The molecule has 1 unspecified atom stereocenters. The van der Waals surface area contributed by atoms with Crippen LogP contribution in [0.25, 0.3) is 0 Å². The largest absolute Gasteiger partial charge is 0.435 e. The molecule has 12 heteroatoms. The van der Waals surface area contributed by atoms with Crippen molar-refractivity contribution in [1.82, 2.24) is 15.1 Å². The molecule has 0 saturated heterocycles. The van der Waals surface area contributed by atoms with Gasteiger partial charge >= 0.3 is 12.4 Å². The maximum absolute atomic E-state index is 14.2. The number of amides is 1. The predicted molar refractivity (Wildman–Crippen MR) is 108 cm³/mol. The first-order valence-electron chi connectivity index (χ1n) is 9.63. The van der Waals surface area contributed by atoms with Gasteiger partial charge in [-0.05, 0) is 54.6 Å². The van der Waals surface area contributed by atoms with Crippen molar-refractivity contribution >= 4 is 23.6 Å². The fraction of sp³-hybridized carbons (Fsp3) is 0.450. The lowest BCUT2D eigenvalue weighted by atomic mass is 9.91. The van der Waals surface area contributed by atoms with E-state index in [2.05, 4.69) is 14.8 Å². The molecule has 1 N–H and O–H groups in total. The van der Waals surface area contributed by atoms with Crippen molar-refractivity contribution in [1.29, 1.82) is 0 Å². The van der Waals surface area contributed by atoms with Gasteiger partial charge in [0.15, 0.2) is 10.4 Å². The van der Waals surface area contributed by atoms with Gasteiger partial charge in [-0.1, -0.05) is 13.0 Å². The van der Waals surface area contributed by atoms with Crippen LogP contribution in [0.5, 0.6) is 0 Å². The van der Waals surface area contributed by atoms with Crippen LogP contribution in [-0.4, -0.2) is 34.1 Å². The van der Waals surface area contributed by atoms with Crippen LogP contribution >= 0.6 is 11.9 Å². The molecule has 32 heavy (non-hydrogen) atoms. The Labute approximate surface area is 184 Å². The maximum Gasteiger partial charge on any atom is 0.435 e. The van der Waals surface area contributed by atoms with E-state index in [0.717, 1.165) is 13.5 Å². The molecular weight excluding hydrogens is 458 g/mol. The number of nitrogens with one attached hydrogen (secondary N) is 1. The summed E-state index contributed by atoms with van der Waals surface area (Å²) in [5, 5.41) is 5.97. The van der Waals surface area contributed by atoms with Gasteiger partial charge in [-0.25, -0.2) is 4.40 Å². The lowest BCUT2D eigenvalue weighted by Crippen LogP contribution is -2.40. The summed E-state index contributed by atoms with van der Waals surface area (Å²) in [6, 6.07) is 4.97. The minimum absolute atomic E-state index is 0.0747. The number of hydrogen-bond acceptors (Lipinski definition) is 4. The summed E-state index contributed by atoms with van der Waals surface area (Å²) in [6.07, 6.45) is -9.69. The molecule has 5 nitrogen and oxygen atoms in total. The van der Waals surface area contributed by atoms with E-state index in [1.54, 1.807) is 13.0 Å². The molecule has 1 amide bonds. The molecular formula is C20H20F6N4OS. The number of benzene rings is 1. The molecule has 174 valence electrons. The Morgan fingerprint density at radius 2 is 1.91 bits per heavy atom. The molecule has 1 atom stereocenters. The van der Waals surface area contributed by atoms with Crippen molar-refractivity contribution in [2.24, 2.45) is 11.4 Å². The van der Waals surface area contributed by atoms with E-state index in [4.69, 9.17) is 0 Å². The normalized spacial score (nSPS) is 19.2. The van der Waals surface area contributed by atoms with Crippen LogP contribution in [0.1, 0.15) is 52.6 Å². The molecule has 0 fully saturated rings. The van der Waals surface area contributed by atoms with Gasteiger partial charge < -0.3 is 5.32 Å². The van der Waals surface area contributed by atoms with Gasteiger partial charge in [0.05, 0.1) is 11.4 Å². The molecule has 0 saturated carbocycles. The highest BCUT2D eigenvalue weighted by Crippen LogP contribution is 2.56. The van der Waals surface area contributed by atoms with Gasteiger partial charge in [-0.2, -0.15) is 31.4 Å². The number of carbonyl (C=O) groups excluding carboxylic acids is 1. The first kappa shape index (κ1) is 24.1. The molecule has 0 radical (unpaired) electrons. The Kier molecular flexibility index (Phi) is 6.38. The van der Waals surface area contributed by atoms with E-state index >= 15 is 0 Å². The summed E-state index contributed by atoms with van der Waals surface area (Å²) in [4.78, 5) is 12.2.